The van der Waals surface area contributed by atoms with Crippen molar-refractivity contribution in [1.82, 2.24) is 0 Å². The van der Waals surface area contributed by atoms with Crippen molar-refractivity contribution < 1.29 is 0 Å². The molecule has 0 aliphatic carbocycles. The topological polar surface area (TPSA) is 48.8 Å². The van der Waals surface area contributed by atoms with E-state index in [0.717, 1.165) is 12.0 Å². The SMILES string of the molecule is CC[C@@H](N=[N+]=[N-])c1cccc(Cl)c1. The Balaban J connectivity index is 2.97. The maximum absolute atomic E-state index is 8.32. The molecule has 0 aliphatic rings. The Hall–Kier alpha value is -1.18. The molecule has 0 unspecified atom stereocenters. The Labute approximate surface area is 82.0 Å². The van der Waals surface area contributed by atoms with Gasteiger partial charge in [-0.1, -0.05) is 35.8 Å². The highest BCUT2D eigenvalue weighted by atomic mass is 35.5. The summed E-state index contributed by atoms with van der Waals surface area (Å²) in [6, 6.07) is 7.28. The van der Waals surface area contributed by atoms with E-state index in [1.165, 1.54) is 0 Å². The van der Waals surface area contributed by atoms with Crippen molar-refractivity contribution in [1.29, 1.82) is 0 Å². The van der Waals surface area contributed by atoms with Crippen LogP contribution in [0.4, 0.5) is 0 Å². The second kappa shape index (κ2) is 4.75. The summed E-state index contributed by atoms with van der Waals surface area (Å²) in [4.78, 5) is 2.79. The molecule has 3 nitrogen and oxygen atoms in total. The first-order valence-corrected chi connectivity index (χ1v) is 4.45. The number of hydrogen-bond donors (Lipinski definition) is 0. The summed E-state index contributed by atoms with van der Waals surface area (Å²) in [6.45, 7) is 1.97. The Morgan fingerprint density at radius 3 is 2.92 bits per heavy atom. The van der Waals surface area contributed by atoms with Crippen molar-refractivity contribution in [2.45, 2.75) is 19.4 Å². The van der Waals surface area contributed by atoms with Crippen LogP contribution in [0.3, 0.4) is 0 Å². The lowest BCUT2D eigenvalue weighted by Crippen LogP contribution is -1.91. The molecule has 1 aromatic carbocycles. The van der Waals surface area contributed by atoms with Crippen LogP contribution < -0.4 is 0 Å². The molecule has 0 heterocycles. The maximum atomic E-state index is 8.32. The highest BCUT2D eigenvalue weighted by Crippen LogP contribution is 2.23. The highest BCUT2D eigenvalue weighted by molar-refractivity contribution is 6.30. The third kappa shape index (κ3) is 2.65. The molecule has 0 N–H and O–H groups in total. The van der Waals surface area contributed by atoms with Crippen molar-refractivity contribution >= 4 is 11.6 Å². The maximum Gasteiger partial charge on any atom is 0.0623 e. The molecule has 0 aliphatic heterocycles. The lowest BCUT2D eigenvalue weighted by molar-refractivity contribution is 0.693. The van der Waals surface area contributed by atoms with Gasteiger partial charge in [0.2, 0.25) is 0 Å². The Bertz CT molecular complexity index is 331. The number of nitrogens with zero attached hydrogens (tertiary/aromatic N) is 3. The van der Waals surface area contributed by atoms with Crippen LogP contribution in [0.25, 0.3) is 10.4 Å². The molecular weight excluding hydrogens is 186 g/mol. The van der Waals surface area contributed by atoms with Crippen LogP contribution in [0.15, 0.2) is 29.4 Å². The van der Waals surface area contributed by atoms with Crippen molar-refractivity contribution in [3.8, 4) is 0 Å². The van der Waals surface area contributed by atoms with Crippen LogP contribution >= 0.6 is 11.6 Å². The standard InChI is InChI=1S/C9H10ClN3/c1-2-9(12-13-11)7-4-3-5-8(10)6-7/h3-6,9H,2H2,1H3/t9-/m1/s1. The Morgan fingerprint density at radius 1 is 1.62 bits per heavy atom. The van der Waals surface area contributed by atoms with Gasteiger partial charge < -0.3 is 0 Å². The zero-order valence-electron chi connectivity index (χ0n) is 7.31. The molecular formula is C9H10ClN3. The van der Waals surface area contributed by atoms with Crippen LogP contribution in [0.1, 0.15) is 24.9 Å². The lowest BCUT2D eigenvalue weighted by atomic mass is 10.1. The Morgan fingerprint density at radius 2 is 2.38 bits per heavy atom. The predicted molar refractivity (Wildman–Crippen MR) is 53.6 cm³/mol. The van der Waals surface area contributed by atoms with E-state index in [4.69, 9.17) is 17.1 Å². The fourth-order valence-corrected chi connectivity index (χ4v) is 1.36. The van der Waals surface area contributed by atoms with Gasteiger partial charge in [-0.2, -0.15) is 0 Å². The van der Waals surface area contributed by atoms with E-state index < -0.39 is 0 Å². The quantitative estimate of drug-likeness (QED) is 0.396. The van der Waals surface area contributed by atoms with Gasteiger partial charge >= 0.3 is 0 Å². The van der Waals surface area contributed by atoms with Gasteiger partial charge in [-0.3, -0.25) is 0 Å². The number of rotatable bonds is 3. The summed E-state index contributed by atoms with van der Waals surface area (Å²) in [5.41, 5.74) is 9.29. The van der Waals surface area contributed by atoms with Crippen LogP contribution in [0, 0.1) is 0 Å². The normalized spacial score (nSPS) is 11.8. The summed E-state index contributed by atoms with van der Waals surface area (Å²) in [7, 11) is 0. The van der Waals surface area contributed by atoms with Gasteiger partial charge in [-0.05, 0) is 29.6 Å². The van der Waals surface area contributed by atoms with Crippen molar-refractivity contribution in [2.75, 3.05) is 0 Å². The molecule has 0 radical (unpaired) electrons. The lowest BCUT2D eigenvalue weighted by Gasteiger charge is -2.07. The highest BCUT2D eigenvalue weighted by Gasteiger charge is 2.06. The fraction of sp³-hybridized carbons (Fsp3) is 0.333. The molecule has 0 aromatic heterocycles. The molecule has 1 rings (SSSR count). The molecule has 4 heteroatoms. The Kier molecular flexibility index (Phi) is 3.62. The minimum atomic E-state index is -0.108. The summed E-state index contributed by atoms with van der Waals surface area (Å²) >= 11 is 5.81. The molecule has 0 bridgehead atoms. The van der Waals surface area contributed by atoms with E-state index in [-0.39, 0.29) is 6.04 Å². The molecule has 13 heavy (non-hydrogen) atoms. The third-order valence-corrected chi connectivity index (χ3v) is 2.05. The van der Waals surface area contributed by atoms with E-state index in [1.54, 1.807) is 6.07 Å². The van der Waals surface area contributed by atoms with Crippen LogP contribution in [0.2, 0.25) is 5.02 Å². The number of hydrogen-bond acceptors (Lipinski definition) is 1. The van der Waals surface area contributed by atoms with Gasteiger partial charge in [0, 0.05) is 9.93 Å². The average molecular weight is 196 g/mol. The molecule has 0 amide bonds. The molecule has 1 atom stereocenters. The summed E-state index contributed by atoms with van der Waals surface area (Å²) < 4.78 is 0. The second-order valence-corrected chi connectivity index (χ2v) is 3.12. The van der Waals surface area contributed by atoms with Gasteiger partial charge in [0.1, 0.15) is 0 Å². The van der Waals surface area contributed by atoms with Crippen LogP contribution in [0.5, 0.6) is 0 Å². The van der Waals surface area contributed by atoms with E-state index in [2.05, 4.69) is 10.0 Å². The first kappa shape index (κ1) is 9.90. The molecule has 0 spiro atoms. The van der Waals surface area contributed by atoms with Crippen LogP contribution in [-0.4, -0.2) is 0 Å². The number of halogens is 1. The molecule has 0 saturated heterocycles. The van der Waals surface area contributed by atoms with E-state index >= 15 is 0 Å². The van der Waals surface area contributed by atoms with Gasteiger partial charge in [0.15, 0.2) is 0 Å². The average Bonchev–Trinajstić information content (AvgIpc) is 2.14. The first-order valence-electron chi connectivity index (χ1n) is 4.07. The van der Waals surface area contributed by atoms with E-state index in [9.17, 15) is 0 Å². The summed E-state index contributed by atoms with van der Waals surface area (Å²) in [5.74, 6) is 0. The largest absolute Gasteiger partial charge is 0.0859 e. The molecule has 68 valence electrons. The van der Waals surface area contributed by atoms with Gasteiger partial charge in [0.05, 0.1) is 6.04 Å². The third-order valence-electron chi connectivity index (χ3n) is 1.81. The zero-order chi connectivity index (χ0) is 9.68. The van der Waals surface area contributed by atoms with Crippen LogP contribution in [-0.2, 0) is 0 Å². The number of azide groups is 1. The summed E-state index contributed by atoms with van der Waals surface area (Å²) in [5, 5.41) is 4.35. The minimum Gasteiger partial charge on any atom is -0.0859 e. The predicted octanol–water partition coefficient (Wildman–Crippen LogP) is 4.10. The van der Waals surface area contributed by atoms with Gasteiger partial charge in [0.25, 0.3) is 0 Å². The first-order chi connectivity index (χ1) is 6.27. The minimum absolute atomic E-state index is 0.108. The zero-order valence-corrected chi connectivity index (χ0v) is 8.07. The smallest absolute Gasteiger partial charge is 0.0623 e. The number of benzene rings is 1. The van der Waals surface area contributed by atoms with Gasteiger partial charge in [-0.25, -0.2) is 0 Å². The monoisotopic (exact) mass is 195 g/mol. The van der Waals surface area contributed by atoms with Crippen molar-refractivity contribution in [2.24, 2.45) is 5.11 Å². The second-order valence-electron chi connectivity index (χ2n) is 2.68. The fourth-order valence-electron chi connectivity index (χ4n) is 1.16. The van der Waals surface area contributed by atoms with Crippen molar-refractivity contribution in [3.63, 3.8) is 0 Å². The van der Waals surface area contributed by atoms with E-state index in [0.29, 0.717) is 5.02 Å². The van der Waals surface area contributed by atoms with Crippen molar-refractivity contribution in [3.05, 3.63) is 45.3 Å². The summed E-state index contributed by atoms with van der Waals surface area (Å²) in [6.07, 6.45) is 0.782. The molecule has 0 saturated carbocycles. The van der Waals surface area contributed by atoms with E-state index in [1.807, 2.05) is 25.1 Å². The molecule has 1 aromatic rings. The molecule has 0 fully saturated rings. The van der Waals surface area contributed by atoms with Gasteiger partial charge in [-0.15, -0.1) is 0 Å².